The molecule has 1 unspecified atom stereocenters. The third-order valence-corrected chi connectivity index (χ3v) is 3.40. The molecule has 11 heavy (non-hydrogen) atoms. The van der Waals surface area contributed by atoms with Gasteiger partial charge in [-0.3, -0.25) is 0 Å². The second-order valence-electron chi connectivity index (χ2n) is 2.33. The Kier molecular flexibility index (Phi) is 3.95. The molecule has 1 fully saturated rings. The Morgan fingerprint density at radius 1 is 1.55 bits per heavy atom. The van der Waals surface area contributed by atoms with Crippen molar-refractivity contribution in [2.45, 2.75) is 5.21 Å². The summed E-state index contributed by atoms with van der Waals surface area (Å²) in [6, 6.07) is 0. The number of carbonyl (C=O) groups excluding carboxylic acids is 1. The van der Waals surface area contributed by atoms with E-state index in [0.29, 0.717) is 17.9 Å². The molecule has 0 aromatic rings. The molecule has 3 nitrogen and oxygen atoms in total. The van der Waals surface area contributed by atoms with E-state index in [0.717, 1.165) is 18.3 Å². The monoisotopic (exact) mass is 218 g/mol. The van der Waals surface area contributed by atoms with Crippen molar-refractivity contribution in [3.63, 3.8) is 0 Å². The van der Waals surface area contributed by atoms with Crippen molar-refractivity contribution in [1.82, 2.24) is 4.90 Å². The molecule has 1 saturated heterocycles. The molecule has 4 heteroatoms. The first-order valence-electron chi connectivity index (χ1n) is 3.74. The van der Waals surface area contributed by atoms with Gasteiger partial charge in [-0.15, -0.1) is 0 Å². The molecule has 0 aromatic heterocycles. The fraction of sp³-hybridized carbons (Fsp3) is 0.714. The molecule has 0 aliphatic carbocycles. The van der Waals surface area contributed by atoms with E-state index in [1.165, 1.54) is 0 Å². The molecule has 0 N–H and O–H groups in total. The first-order chi connectivity index (χ1) is 5.34. The molecule has 1 atom stereocenters. The van der Waals surface area contributed by atoms with Gasteiger partial charge in [0.1, 0.15) is 0 Å². The van der Waals surface area contributed by atoms with Crippen molar-refractivity contribution in [3.05, 3.63) is 6.92 Å². The van der Waals surface area contributed by atoms with Crippen LogP contribution in [0.3, 0.4) is 0 Å². The van der Waals surface area contributed by atoms with Gasteiger partial charge in [0, 0.05) is 0 Å². The molecule has 0 spiro atoms. The van der Waals surface area contributed by atoms with Gasteiger partial charge >= 0.3 is 73.3 Å². The zero-order valence-electron chi connectivity index (χ0n) is 6.51. The predicted molar refractivity (Wildman–Crippen MR) is 45.1 cm³/mol. The number of carbonyl (C=O) groups is 1. The Balaban J connectivity index is 2.27. The summed E-state index contributed by atoms with van der Waals surface area (Å²) in [6.07, 6.45) is 0. The number of amides is 1. The van der Waals surface area contributed by atoms with Crippen molar-refractivity contribution >= 4 is 20.4 Å². The van der Waals surface area contributed by atoms with E-state index in [1.54, 1.807) is 0 Å². The molecule has 0 bridgehead atoms. The van der Waals surface area contributed by atoms with Crippen LogP contribution in [0.5, 0.6) is 0 Å². The van der Waals surface area contributed by atoms with Crippen LogP contribution in [0.15, 0.2) is 0 Å². The van der Waals surface area contributed by atoms with Gasteiger partial charge in [-0.2, -0.15) is 0 Å². The SMILES string of the molecule is [CH2]C[AsH]C(=O)N1CCOCC1. The molecule has 0 aromatic carbocycles. The Labute approximate surface area is 73.8 Å². The van der Waals surface area contributed by atoms with Crippen LogP contribution in [-0.2, 0) is 4.74 Å². The number of nitrogens with zero attached hydrogens (tertiary/aromatic N) is 1. The summed E-state index contributed by atoms with van der Waals surface area (Å²) in [5, 5.41) is 0.816. The molecule has 1 rings (SSSR count). The summed E-state index contributed by atoms with van der Waals surface area (Å²) < 4.78 is 5.47. The average molecular weight is 218 g/mol. The van der Waals surface area contributed by atoms with Gasteiger partial charge in [0.15, 0.2) is 0 Å². The van der Waals surface area contributed by atoms with Crippen molar-refractivity contribution < 1.29 is 9.53 Å². The molecule has 1 radical (unpaired) electrons. The van der Waals surface area contributed by atoms with E-state index in [4.69, 9.17) is 4.74 Å². The molecule has 1 aliphatic heterocycles. The van der Waals surface area contributed by atoms with Gasteiger partial charge in [0.05, 0.1) is 0 Å². The summed E-state index contributed by atoms with van der Waals surface area (Å²) in [5.74, 6) is 0. The first kappa shape index (κ1) is 9.08. The summed E-state index contributed by atoms with van der Waals surface area (Å²) in [6.45, 7) is 6.66. The van der Waals surface area contributed by atoms with Crippen LogP contribution in [0.2, 0.25) is 5.21 Å². The topological polar surface area (TPSA) is 29.5 Å². The van der Waals surface area contributed by atoms with Crippen LogP contribution in [0.4, 0.5) is 4.79 Å². The number of rotatable bonds is 2. The second-order valence-corrected chi connectivity index (χ2v) is 5.02. The summed E-state index contributed by atoms with van der Waals surface area (Å²) in [4.78, 5) is 13.2. The molecule has 1 aliphatic rings. The van der Waals surface area contributed by atoms with E-state index < -0.39 is 15.8 Å². The maximum atomic E-state index is 11.3. The Hall–Kier alpha value is -0.0116. The van der Waals surface area contributed by atoms with Gasteiger partial charge in [0.2, 0.25) is 0 Å². The van der Waals surface area contributed by atoms with Crippen molar-refractivity contribution in [1.29, 1.82) is 0 Å². The number of morpholine rings is 1. The normalized spacial score (nSPS) is 19.5. The quantitative estimate of drug-likeness (QED) is 0.616. The van der Waals surface area contributed by atoms with Crippen LogP contribution < -0.4 is 0 Å². The van der Waals surface area contributed by atoms with Gasteiger partial charge < -0.3 is 0 Å². The van der Waals surface area contributed by atoms with Crippen LogP contribution >= 0.6 is 0 Å². The standard InChI is InChI=1S/C7H13AsNO2/c1-2-8-7(10)9-3-5-11-6-4-9/h8H,1-6H2. The maximum absolute atomic E-state index is 11.3. The van der Waals surface area contributed by atoms with Gasteiger partial charge in [0.25, 0.3) is 0 Å². The fourth-order valence-electron chi connectivity index (χ4n) is 0.985. The summed E-state index contributed by atoms with van der Waals surface area (Å²) >= 11 is -0.464. The van der Waals surface area contributed by atoms with Crippen LogP contribution in [0.1, 0.15) is 0 Å². The van der Waals surface area contributed by atoms with Gasteiger partial charge in [-0.05, 0) is 0 Å². The molecule has 0 saturated carbocycles. The van der Waals surface area contributed by atoms with E-state index in [2.05, 4.69) is 6.92 Å². The minimum atomic E-state index is -0.464. The summed E-state index contributed by atoms with van der Waals surface area (Å²) in [5.41, 5.74) is 0. The Morgan fingerprint density at radius 3 is 2.73 bits per heavy atom. The Morgan fingerprint density at radius 2 is 2.18 bits per heavy atom. The van der Waals surface area contributed by atoms with Crippen LogP contribution in [0, 0.1) is 6.92 Å². The molecular formula is C7H13AsNO2. The molecule has 1 amide bonds. The fourth-order valence-corrected chi connectivity index (χ4v) is 2.37. The number of hydrogen-bond acceptors (Lipinski definition) is 2. The Bertz CT molecular complexity index is 134. The predicted octanol–water partition coefficient (Wildman–Crippen LogP) is 0.127. The molecule has 63 valence electrons. The van der Waals surface area contributed by atoms with Gasteiger partial charge in [-0.1, -0.05) is 0 Å². The van der Waals surface area contributed by atoms with E-state index in [-0.39, 0.29) is 0 Å². The van der Waals surface area contributed by atoms with Crippen LogP contribution in [0.25, 0.3) is 0 Å². The minimum absolute atomic E-state index is 0.336. The average Bonchev–Trinajstić information content (AvgIpc) is 2.07. The first-order valence-corrected chi connectivity index (χ1v) is 6.27. The second kappa shape index (κ2) is 4.78. The number of hydrogen-bond donors (Lipinski definition) is 0. The molecule has 1 heterocycles. The summed E-state index contributed by atoms with van der Waals surface area (Å²) in [7, 11) is 0. The zero-order valence-corrected chi connectivity index (χ0v) is 8.60. The van der Waals surface area contributed by atoms with Crippen molar-refractivity contribution in [2.75, 3.05) is 26.3 Å². The third-order valence-electron chi connectivity index (χ3n) is 1.57. The van der Waals surface area contributed by atoms with E-state index in [9.17, 15) is 4.79 Å². The molecular weight excluding hydrogens is 205 g/mol. The zero-order chi connectivity index (χ0) is 8.10. The third kappa shape index (κ3) is 2.84. The van der Waals surface area contributed by atoms with E-state index in [1.807, 2.05) is 4.90 Å². The number of ether oxygens (including phenoxy) is 1. The van der Waals surface area contributed by atoms with Crippen molar-refractivity contribution in [2.24, 2.45) is 0 Å². The van der Waals surface area contributed by atoms with Crippen LogP contribution in [-0.4, -0.2) is 51.7 Å². The van der Waals surface area contributed by atoms with Crippen molar-refractivity contribution in [3.8, 4) is 0 Å². The van der Waals surface area contributed by atoms with Gasteiger partial charge in [-0.25, -0.2) is 0 Å². The van der Waals surface area contributed by atoms with E-state index >= 15 is 0 Å².